The SMILES string of the molecule is CC(NC1CCN(c2ccccc2)CC1)C(C)(C)C. The van der Waals surface area contributed by atoms with Gasteiger partial charge in [0.1, 0.15) is 0 Å². The van der Waals surface area contributed by atoms with Crippen molar-refractivity contribution in [2.45, 2.75) is 52.6 Å². The van der Waals surface area contributed by atoms with Crippen molar-refractivity contribution >= 4 is 5.69 Å². The minimum Gasteiger partial charge on any atom is -0.371 e. The number of hydrogen-bond acceptors (Lipinski definition) is 2. The van der Waals surface area contributed by atoms with Crippen molar-refractivity contribution in [1.82, 2.24) is 5.32 Å². The van der Waals surface area contributed by atoms with E-state index in [1.54, 1.807) is 0 Å². The third kappa shape index (κ3) is 3.97. The number of para-hydroxylation sites is 1. The lowest BCUT2D eigenvalue weighted by atomic mass is 9.87. The quantitative estimate of drug-likeness (QED) is 0.892. The molecule has 2 heteroatoms. The fraction of sp³-hybridized carbons (Fsp3) is 0.647. The summed E-state index contributed by atoms with van der Waals surface area (Å²) in [6.07, 6.45) is 2.49. The molecule has 1 unspecified atom stereocenters. The molecule has 1 saturated heterocycles. The number of hydrogen-bond donors (Lipinski definition) is 1. The molecule has 0 aliphatic carbocycles. The van der Waals surface area contributed by atoms with Crippen LogP contribution in [0.5, 0.6) is 0 Å². The molecular formula is C17H28N2. The van der Waals surface area contributed by atoms with Gasteiger partial charge in [0.15, 0.2) is 0 Å². The van der Waals surface area contributed by atoms with Gasteiger partial charge in [0.2, 0.25) is 0 Å². The summed E-state index contributed by atoms with van der Waals surface area (Å²) < 4.78 is 0. The lowest BCUT2D eigenvalue weighted by Crippen LogP contribution is -2.49. The van der Waals surface area contributed by atoms with Gasteiger partial charge in [-0.15, -0.1) is 0 Å². The summed E-state index contributed by atoms with van der Waals surface area (Å²) in [5, 5.41) is 3.80. The van der Waals surface area contributed by atoms with Crippen molar-refractivity contribution in [3.05, 3.63) is 30.3 Å². The van der Waals surface area contributed by atoms with Gasteiger partial charge < -0.3 is 10.2 Å². The van der Waals surface area contributed by atoms with Crippen LogP contribution in [0.1, 0.15) is 40.5 Å². The van der Waals surface area contributed by atoms with Crippen LogP contribution in [0, 0.1) is 5.41 Å². The van der Waals surface area contributed by atoms with Crippen LogP contribution in [0.2, 0.25) is 0 Å². The summed E-state index contributed by atoms with van der Waals surface area (Å²) in [5.41, 5.74) is 1.71. The highest BCUT2D eigenvalue weighted by atomic mass is 15.1. The first-order chi connectivity index (χ1) is 8.97. The number of anilines is 1. The van der Waals surface area contributed by atoms with E-state index >= 15 is 0 Å². The van der Waals surface area contributed by atoms with Gasteiger partial charge in [0.05, 0.1) is 0 Å². The van der Waals surface area contributed by atoms with Crippen LogP contribution in [-0.4, -0.2) is 25.2 Å². The molecule has 1 aliphatic heterocycles. The van der Waals surface area contributed by atoms with Gasteiger partial charge in [-0.05, 0) is 37.3 Å². The van der Waals surface area contributed by atoms with E-state index in [2.05, 4.69) is 68.2 Å². The van der Waals surface area contributed by atoms with Gasteiger partial charge in [-0.1, -0.05) is 39.0 Å². The summed E-state index contributed by atoms with van der Waals surface area (Å²) in [4.78, 5) is 2.50. The van der Waals surface area contributed by atoms with E-state index in [0.29, 0.717) is 17.5 Å². The van der Waals surface area contributed by atoms with Gasteiger partial charge in [0, 0.05) is 30.9 Å². The maximum atomic E-state index is 3.80. The van der Waals surface area contributed by atoms with E-state index in [-0.39, 0.29) is 0 Å². The van der Waals surface area contributed by atoms with Crippen LogP contribution in [0.25, 0.3) is 0 Å². The Balaban J connectivity index is 1.83. The molecule has 0 aromatic heterocycles. The summed E-state index contributed by atoms with van der Waals surface area (Å²) in [5.74, 6) is 0. The smallest absolute Gasteiger partial charge is 0.0366 e. The van der Waals surface area contributed by atoms with E-state index in [1.807, 2.05) is 0 Å². The summed E-state index contributed by atoms with van der Waals surface area (Å²) in [6.45, 7) is 11.6. The first-order valence-electron chi connectivity index (χ1n) is 7.53. The highest BCUT2D eigenvalue weighted by molar-refractivity contribution is 5.46. The number of nitrogens with one attached hydrogen (secondary N) is 1. The van der Waals surface area contributed by atoms with Gasteiger partial charge in [-0.2, -0.15) is 0 Å². The third-order valence-electron chi connectivity index (χ3n) is 4.40. The lowest BCUT2D eigenvalue weighted by molar-refractivity contribution is 0.247. The average Bonchev–Trinajstić information content (AvgIpc) is 2.39. The Kier molecular flexibility index (Phi) is 4.51. The first-order valence-corrected chi connectivity index (χ1v) is 7.53. The normalized spacial score (nSPS) is 19.5. The van der Waals surface area contributed by atoms with Crippen molar-refractivity contribution in [2.75, 3.05) is 18.0 Å². The molecule has 19 heavy (non-hydrogen) atoms. The first kappa shape index (κ1) is 14.4. The Morgan fingerprint density at radius 1 is 1.11 bits per heavy atom. The summed E-state index contributed by atoms with van der Waals surface area (Å²) >= 11 is 0. The van der Waals surface area contributed by atoms with Gasteiger partial charge in [-0.25, -0.2) is 0 Å². The minimum absolute atomic E-state index is 0.344. The predicted molar refractivity (Wildman–Crippen MR) is 83.7 cm³/mol. The molecule has 0 amide bonds. The Morgan fingerprint density at radius 2 is 1.68 bits per heavy atom. The fourth-order valence-corrected chi connectivity index (χ4v) is 2.55. The molecule has 2 nitrogen and oxygen atoms in total. The maximum Gasteiger partial charge on any atom is 0.0366 e. The second kappa shape index (κ2) is 5.96. The second-order valence-electron chi connectivity index (χ2n) is 6.85. The number of nitrogens with zero attached hydrogens (tertiary/aromatic N) is 1. The fourth-order valence-electron chi connectivity index (χ4n) is 2.55. The van der Waals surface area contributed by atoms with Crippen molar-refractivity contribution in [2.24, 2.45) is 5.41 Å². The van der Waals surface area contributed by atoms with Crippen molar-refractivity contribution < 1.29 is 0 Å². The molecule has 1 atom stereocenters. The monoisotopic (exact) mass is 260 g/mol. The average molecular weight is 260 g/mol. The number of rotatable bonds is 3. The molecule has 1 aromatic carbocycles. The van der Waals surface area contributed by atoms with Crippen LogP contribution < -0.4 is 10.2 Å². The zero-order valence-corrected chi connectivity index (χ0v) is 12.8. The Morgan fingerprint density at radius 3 is 2.21 bits per heavy atom. The molecule has 2 rings (SSSR count). The molecule has 0 saturated carbocycles. The second-order valence-corrected chi connectivity index (χ2v) is 6.85. The standard InChI is InChI=1S/C17H28N2/c1-14(17(2,3)4)18-15-10-12-19(13-11-15)16-8-6-5-7-9-16/h5-9,14-15,18H,10-13H2,1-4H3. The molecule has 0 bridgehead atoms. The maximum absolute atomic E-state index is 3.80. The molecular weight excluding hydrogens is 232 g/mol. The molecule has 106 valence electrons. The highest BCUT2D eigenvalue weighted by Crippen LogP contribution is 2.23. The number of piperidine rings is 1. The molecule has 1 aromatic rings. The Bertz CT molecular complexity index is 372. The van der Waals surface area contributed by atoms with Gasteiger partial charge >= 0.3 is 0 Å². The van der Waals surface area contributed by atoms with Gasteiger partial charge in [0.25, 0.3) is 0 Å². The van der Waals surface area contributed by atoms with E-state index in [1.165, 1.54) is 31.6 Å². The molecule has 0 spiro atoms. The highest BCUT2D eigenvalue weighted by Gasteiger charge is 2.25. The predicted octanol–water partition coefficient (Wildman–Crippen LogP) is 3.68. The van der Waals surface area contributed by atoms with E-state index in [9.17, 15) is 0 Å². The zero-order chi connectivity index (χ0) is 13.9. The van der Waals surface area contributed by atoms with Crippen LogP contribution in [0.4, 0.5) is 5.69 Å². The Labute approximate surface area is 118 Å². The van der Waals surface area contributed by atoms with Gasteiger partial charge in [-0.3, -0.25) is 0 Å². The van der Waals surface area contributed by atoms with E-state index < -0.39 is 0 Å². The molecule has 1 aliphatic rings. The lowest BCUT2D eigenvalue weighted by Gasteiger charge is -2.38. The molecule has 1 heterocycles. The van der Waals surface area contributed by atoms with Crippen LogP contribution in [-0.2, 0) is 0 Å². The minimum atomic E-state index is 0.344. The molecule has 1 fully saturated rings. The number of benzene rings is 1. The zero-order valence-electron chi connectivity index (χ0n) is 12.8. The van der Waals surface area contributed by atoms with Crippen molar-refractivity contribution in [3.8, 4) is 0 Å². The van der Waals surface area contributed by atoms with Crippen molar-refractivity contribution in [3.63, 3.8) is 0 Å². The summed E-state index contributed by atoms with van der Waals surface area (Å²) in [7, 11) is 0. The molecule has 0 radical (unpaired) electrons. The van der Waals surface area contributed by atoms with Crippen molar-refractivity contribution in [1.29, 1.82) is 0 Å². The third-order valence-corrected chi connectivity index (χ3v) is 4.40. The van der Waals surface area contributed by atoms with Crippen LogP contribution >= 0.6 is 0 Å². The van der Waals surface area contributed by atoms with Crippen LogP contribution in [0.15, 0.2) is 30.3 Å². The van der Waals surface area contributed by atoms with Crippen LogP contribution in [0.3, 0.4) is 0 Å². The Hall–Kier alpha value is -1.02. The van der Waals surface area contributed by atoms with E-state index in [0.717, 1.165) is 0 Å². The molecule has 1 N–H and O–H groups in total. The topological polar surface area (TPSA) is 15.3 Å². The summed E-state index contributed by atoms with van der Waals surface area (Å²) in [6, 6.07) is 12.0. The largest absolute Gasteiger partial charge is 0.371 e. The van der Waals surface area contributed by atoms with E-state index in [4.69, 9.17) is 0 Å².